The number of rotatable bonds is 8. The second kappa shape index (κ2) is 9.93. The van der Waals surface area contributed by atoms with Crippen molar-refractivity contribution >= 4 is 23.6 Å². The van der Waals surface area contributed by atoms with Gasteiger partial charge in [-0.05, 0) is 26.7 Å². The van der Waals surface area contributed by atoms with Gasteiger partial charge in [-0.1, -0.05) is 38.7 Å². The van der Waals surface area contributed by atoms with Gasteiger partial charge in [0.15, 0.2) is 0 Å². The molecule has 22 heavy (non-hydrogen) atoms. The molecule has 2 amide bonds. The van der Waals surface area contributed by atoms with Crippen molar-refractivity contribution in [3.05, 3.63) is 11.6 Å². The molecule has 0 spiro atoms. The van der Waals surface area contributed by atoms with Crippen molar-refractivity contribution in [3.63, 3.8) is 0 Å². The van der Waals surface area contributed by atoms with Crippen LogP contribution in [0.2, 0.25) is 0 Å². The molecule has 0 aliphatic carbocycles. The standard InChI is InChI=1S/C17H30N2O2S/c1-5-7-8-9-10-18-17(21)14-12-22-16(6-2)19(14)15(20)11-13(3)4/h11,14,16H,5-10,12H2,1-4H3,(H,18,21). The number of amides is 2. The van der Waals surface area contributed by atoms with Crippen LogP contribution < -0.4 is 5.32 Å². The zero-order valence-corrected chi connectivity index (χ0v) is 15.2. The SMILES string of the molecule is CCCCCCNC(=O)C1CSC(CC)N1C(=O)C=C(C)C. The van der Waals surface area contributed by atoms with Gasteiger partial charge in [-0.15, -0.1) is 11.8 Å². The number of hydrogen-bond donors (Lipinski definition) is 1. The molecule has 1 heterocycles. The fourth-order valence-corrected chi connectivity index (χ4v) is 3.94. The summed E-state index contributed by atoms with van der Waals surface area (Å²) < 4.78 is 0. The van der Waals surface area contributed by atoms with Crippen molar-refractivity contribution < 1.29 is 9.59 Å². The molecule has 5 heteroatoms. The maximum Gasteiger partial charge on any atom is 0.248 e. The molecule has 0 bridgehead atoms. The Morgan fingerprint density at radius 1 is 1.23 bits per heavy atom. The van der Waals surface area contributed by atoms with Crippen LogP contribution >= 0.6 is 11.8 Å². The van der Waals surface area contributed by atoms with Gasteiger partial charge >= 0.3 is 0 Å². The highest BCUT2D eigenvalue weighted by Gasteiger charge is 2.39. The number of carbonyl (C=O) groups is 2. The Hall–Kier alpha value is -0.970. The van der Waals surface area contributed by atoms with E-state index in [-0.39, 0.29) is 23.2 Å². The van der Waals surface area contributed by atoms with Crippen molar-refractivity contribution in [2.75, 3.05) is 12.3 Å². The minimum absolute atomic E-state index is 0.00421. The molecule has 1 aliphatic rings. The smallest absolute Gasteiger partial charge is 0.248 e. The Labute approximate surface area is 139 Å². The van der Waals surface area contributed by atoms with Crippen molar-refractivity contribution in [1.29, 1.82) is 0 Å². The summed E-state index contributed by atoms with van der Waals surface area (Å²) in [4.78, 5) is 26.6. The lowest BCUT2D eigenvalue weighted by molar-refractivity contribution is -0.136. The fourth-order valence-electron chi connectivity index (χ4n) is 2.58. The van der Waals surface area contributed by atoms with E-state index in [1.807, 2.05) is 13.8 Å². The van der Waals surface area contributed by atoms with E-state index in [0.29, 0.717) is 12.3 Å². The second-order valence-corrected chi connectivity index (χ2v) is 7.24. The lowest BCUT2D eigenvalue weighted by Crippen LogP contribution is -2.49. The van der Waals surface area contributed by atoms with Gasteiger partial charge in [-0.25, -0.2) is 0 Å². The lowest BCUT2D eigenvalue weighted by atomic mass is 10.2. The van der Waals surface area contributed by atoms with Gasteiger partial charge in [0.05, 0.1) is 5.37 Å². The topological polar surface area (TPSA) is 49.4 Å². The molecule has 4 nitrogen and oxygen atoms in total. The fraction of sp³-hybridized carbons (Fsp3) is 0.765. The predicted molar refractivity (Wildman–Crippen MR) is 93.8 cm³/mol. The summed E-state index contributed by atoms with van der Waals surface area (Å²) in [5, 5.41) is 3.11. The van der Waals surface area contributed by atoms with Gasteiger partial charge in [0.25, 0.3) is 0 Å². The van der Waals surface area contributed by atoms with E-state index in [1.54, 1.807) is 22.7 Å². The van der Waals surface area contributed by atoms with E-state index in [4.69, 9.17) is 0 Å². The third-order valence-electron chi connectivity index (χ3n) is 3.74. The Morgan fingerprint density at radius 3 is 2.55 bits per heavy atom. The van der Waals surface area contributed by atoms with E-state index < -0.39 is 0 Å². The average Bonchev–Trinajstić information content (AvgIpc) is 2.90. The number of allylic oxidation sites excluding steroid dienone is 1. The van der Waals surface area contributed by atoms with E-state index in [2.05, 4.69) is 19.2 Å². The molecule has 126 valence electrons. The van der Waals surface area contributed by atoms with Crippen LogP contribution in [0.1, 0.15) is 59.8 Å². The molecule has 1 fully saturated rings. The monoisotopic (exact) mass is 326 g/mol. The van der Waals surface area contributed by atoms with Crippen molar-refractivity contribution in [1.82, 2.24) is 10.2 Å². The largest absolute Gasteiger partial charge is 0.354 e. The molecule has 1 rings (SSSR count). The molecule has 0 aromatic rings. The first-order valence-electron chi connectivity index (χ1n) is 8.37. The molecular formula is C17H30N2O2S. The molecule has 2 unspecified atom stereocenters. The Kier molecular flexibility index (Phi) is 8.61. The number of nitrogens with one attached hydrogen (secondary N) is 1. The summed E-state index contributed by atoms with van der Waals surface area (Å²) in [5.41, 5.74) is 0.968. The number of nitrogens with zero attached hydrogens (tertiary/aromatic N) is 1. The summed E-state index contributed by atoms with van der Waals surface area (Å²) in [7, 11) is 0. The minimum atomic E-state index is -0.329. The molecule has 1 saturated heterocycles. The molecule has 1 N–H and O–H groups in total. The van der Waals surface area contributed by atoms with Crippen molar-refractivity contribution in [3.8, 4) is 0 Å². The first-order valence-corrected chi connectivity index (χ1v) is 9.42. The molecule has 0 radical (unpaired) electrons. The third-order valence-corrected chi connectivity index (χ3v) is 5.19. The van der Waals surface area contributed by atoms with Gasteiger partial charge < -0.3 is 10.2 Å². The summed E-state index contributed by atoms with van der Waals surface area (Å²) in [5.74, 6) is 0.653. The summed E-state index contributed by atoms with van der Waals surface area (Å²) in [6.45, 7) is 8.76. The summed E-state index contributed by atoms with van der Waals surface area (Å²) in [6.07, 6.45) is 7.06. The molecule has 0 aromatic carbocycles. The highest BCUT2D eigenvalue weighted by atomic mass is 32.2. The highest BCUT2D eigenvalue weighted by Crippen LogP contribution is 2.31. The maximum atomic E-state index is 12.4. The zero-order chi connectivity index (χ0) is 16.5. The van der Waals surface area contributed by atoms with Crippen LogP contribution in [-0.2, 0) is 9.59 Å². The van der Waals surface area contributed by atoms with Crippen LogP contribution in [-0.4, -0.2) is 40.4 Å². The van der Waals surface area contributed by atoms with Gasteiger partial charge in [0.2, 0.25) is 11.8 Å². The number of carbonyl (C=O) groups excluding carboxylic acids is 2. The van der Waals surface area contributed by atoms with Gasteiger partial charge in [-0.3, -0.25) is 9.59 Å². The third kappa shape index (κ3) is 5.67. The Bertz CT molecular complexity index is 405. The van der Waals surface area contributed by atoms with E-state index in [0.717, 1.165) is 24.8 Å². The minimum Gasteiger partial charge on any atom is -0.354 e. The normalized spacial score (nSPS) is 20.8. The second-order valence-electron chi connectivity index (χ2n) is 6.03. The first-order chi connectivity index (χ1) is 10.5. The molecule has 1 aliphatic heterocycles. The molecular weight excluding hydrogens is 296 g/mol. The van der Waals surface area contributed by atoms with Crippen LogP contribution in [0.3, 0.4) is 0 Å². The zero-order valence-electron chi connectivity index (χ0n) is 14.4. The van der Waals surface area contributed by atoms with Crippen molar-refractivity contribution in [2.45, 2.75) is 71.2 Å². The maximum absolute atomic E-state index is 12.4. The quantitative estimate of drug-likeness (QED) is 0.550. The molecule has 2 atom stereocenters. The van der Waals surface area contributed by atoms with Crippen LogP contribution in [0.25, 0.3) is 0 Å². The Balaban J connectivity index is 2.60. The van der Waals surface area contributed by atoms with Crippen LogP contribution in [0.5, 0.6) is 0 Å². The number of unbranched alkanes of at least 4 members (excludes halogenated alkanes) is 3. The molecule has 0 aromatic heterocycles. The summed E-state index contributed by atoms with van der Waals surface area (Å²) in [6, 6.07) is -0.329. The number of hydrogen-bond acceptors (Lipinski definition) is 3. The predicted octanol–water partition coefficient (Wildman–Crippen LogP) is 3.33. The van der Waals surface area contributed by atoms with Crippen molar-refractivity contribution in [2.24, 2.45) is 0 Å². The highest BCUT2D eigenvalue weighted by molar-refractivity contribution is 8.00. The van der Waals surface area contributed by atoms with Gasteiger partial charge in [0.1, 0.15) is 6.04 Å². The first kappa shape index (κ1) is 19.1. The van der Waals surface area contributed by atoms with E-state index in [1.165, 1.54) is 12.8 Å². The van der Waals surface area contributed by atoms with Gasteiger partial charge in [-0.2, -0.15) is 0 Å². The average molecular weight is 327 g/mol. The van der Waals surface area contributed by atoms with Crippen LogP contribution in [0.15, 0.2) is 11.6 Å². The van der Waals surface area contributed by atoms with Crippen LogP contribution in [0.4, 0.5) is 0 Å². The van der Waals surface area contributed by atoms with E-state index in [9.17, 15) is 9.59 Å². The number of thioether (sulfide) groups is 1. The summed E-state index contributed by atoms with van der Waals surface area (Å²) >= 11 is 1.70. The Morgan fingerprint density at radius 2 is 1.95 bits per heavy atom. The van der Waals surface area contributed by atoms with Crippen LogP contribution in [0, 0.1) is 0 Å². The van der Waals surface area contributed by atoms with Gasteiger partial charge in [0, 0.05) is 18.4 Å². The molecule has 0 saturated carbocycles. The van der Waals surface area contributed by atoms with E-state index >= 15 is 0 Å². The lowest BCUT2D eigenvalue weighted by Gasteiger charge is -2.27.